The number of aliphatic hydroxyl groups is 1. The maximum absolute atomic E-state index is 12.5. The minimum atomic E-state index is -3.39. The van der Waals surface area contributed by atoms with Gasteiger partial charge in [0.2, 0.25) is 10.0 Å². The Morgan fingerprint density at radius 3 is 2.37 bits per heavy atom. The molecule has 4 nitrogen and oxygen atoms in total. The second-order valence-electron chi connectivity index (χ2n) is 5.11. The summed E-state index contributed by atoms with van der Waals surface area (Å²) >= 11 is 0. The number of hydrogen-bond donors (Lipinski definition) is 1. The molecule has 1 aliphatic rings. The predicted octanol–water partition coefficient (Wildman–Crippen LogP) is 1.99. The van der Waals surface area contributed by atoms with Crippen molar-refractivity contribution in [3.63, 3.8) is 0 Å². The van der Waals surface area contributed by atoms with E-state index < -0.39 is 10.0 Å². The molecule has 0 saturated heterocycles. The van der Waals surface area contributed by atoms with Crippen molar-refractivity contribution in [1.29, 1.82) is 0 Å². The van der Waals surface area contributed by atoms with Gasteiger partial charge in [0.15, 0.2) is 0 Å². The Balaban J connectivity index is 2.20. The zero-order valence-corrected chi connectivity index (χ0v) is 12.1. The van der Waals surface area contributed by atoms with Crippen LogP contribution in [0, 0.1) is 5.92 Å². The van der Waals surface area contributed by atoms with Crippen LogP contribution in [-0.4, -0.2) is 30.9 Å². The van der Waals surface area contributed by atoms with Crippen LogP contribution in [0.5, 0.6) is 0 Å². The first-order valence-electron chi connectivity index (χ1n) is 6.78. The SMILES string of the molecule is CCCN(CC1CC1)S(=O)(=O)c1ccc(CO)cc1. The van der Waals surface area contributed by atoms with E-state index in [2.05, 4.69) is 0 Å². The van der Waals surface area contributed by atoms with E-state index in [1.54, 1.807) is 28.6 Å². The first kappa shape index (κ1) is 14.5. The van der Waals surface area contributed by atoms with Crippen LogP contribution in [0.25, 0.3) is 0 Å². The largest absolute Gasteiger partial charge is 0.392 e. The molecule has 0 spiro atoms. The minimum Gasteiger partial charge on any atom is -0.392 e. The quantitative estimate of drug-likeness (QED) is 0.832. The van der Waals surface area contributed by atoms with Gasteiger partial charge in [-0.25, -0.2) is 8.42 Å². The van der Waals surface area contributed by atoms with Crippen molar-refractivity contribution in [2.24, 2.45) is 5.92 Å². The highest BCUT2D eigenvalue weighted by Gasteiger charge is 2.31. The summed E-state index contributed by atoms with van der Waals surface area (Å²) < 4.78 is 26.7. The Kier molecular flexibility index (Phi) is 4.60. The van der Waals surface area contributed by atoms with Crippen molar-refractivity contribution in [2.45, 2.75) is 37.7 Å². The molecule has 1 saturated carbocycles. The highest BCUT2D eigenvalue weighted by atomic mass is 32.2. The molecule has 5 heteroatoms. The van der Waals surface area contributed by atoms with Crippen molar-refractivity contribution in [3.8, 4) is 0 Å². The van der Waals surface area contributed by atoms with Gasteiger partial charge in [0.1, 0.15) is 0 Å². The van der Waals surface area contributed by atoms with Gasteiger partial charge in [0.05, 0.1) is 11.5 Å². The Hall–Kier alpha value is -0.910. The third kappa shape index (κ3) is 3.55. The van der Waals surface area contributed by atoms with Crippen LogP contribution in [-0.2, 0) is 16.6 Å². The van der Waals surface area contributed by atoms with Gasteiger partial charge in [-0.3, -0.25) is 0 Å². The molecule has 2 rings (SSSR count). The standard InChI is InChI=1S/C14H21NO3S/c1-2-9-15(10-12-3-4-12)19(17,18)14-7-5-13(11-16)6-8-14/h5-8,12,16H,2-4,9-11H2,1H3. The zero-order chi connectivity index (χ0) is 13.9. The fraction of sp³-hybridized carbons (Fsp3) is 0.571. The summed E-state index contributed by atoms with van der Waals surface area (Å²) in [4.78, 5) is 0.318. The summed E-state index contributed by atoms with van der Waals surface area (Å²) in [6, 6.07) is 6.48. The number of hydrogen-bond acceptors (Lipinski definition) is 3. The predicted molar refractivity (Wildman–Crippen MR) is 74.1 cm³/mol. The molecule has 19 heavy (non-hydrogen) atoms. The molecule has 1 N–H and O–H groups in total. The van der Waals surface area contributed by atoms with Gasteiger partial charge >= 0.3 is 0 Å². The van der Waals surface area contributed by atoms with E-state index in [-0.39, 0.29) is 6.61 Å². The van der Waals surface area contributed by atoms with E-state index >= 15 is 0 Å². The van der Waals surface area contributed by atoms with Gasteiger partial charge in [0, 0.05) is 13.1 Å². The Morgan fingerprint density at radius 1 is 1.26 bits per heavy atom. The Bertz CT molecular complexity index is 506. The molecule has 1 aromatic carbocycles. The number of sulfonamides is 1. The summed E-state index contributed by atoms with van der Waals surface area (Å²) in [7, 11) is -3.39. The monoisotopic (exact) mass is 283 g/mol. The third-order valence-electron chi connectivity index (χ3n) is 3.38. The molecular weight excluding hydrogens is 262 g/mol. The van der Waals surface area contributed by atoms with Crippen LogP contribution in [0.4, 0.5) is 0 Å². The third-order valence-corrected chi connectivity index (χ3v) is 5.25. The number of benzene rings is 1. The summed E-state index contributed by atoms with van der Waals surface area (Å²) in [5, 5.41) is 8.99. The van der Waals surface area contributed by atoms with Crippen LogP contribution >= 0.6 is 0 Å². The van der Waals surface area contributed by atoms with Crippen molar-refractivity contribution in [2.75, 3.05) is 13.1 Å². The lowest BCUT2D eigenvalue weighted by atomic mass is 10.2. The highest BCUT2D eigenvalue weighted by Crippen LogP contribution is 2.31. The minimum absolute atomic E-state index is 0.0684. The molecule has 0 bridgehead atoms. The molecule has 0 aromatic heterocycles. The van der Waals surface area contributed by atoms with E-state index in [9.17, 15) is 8.42 Å². The van der Waals surface area contributed by atoms with Crippen LogP contribution in [0.1, 0.15) is 31.7 Å². The number of nitrogens with zero attached hydrogens (tertiary/aromatic N) is 1. The molecular formula is C14H21NO3S. The van der Waals surface area contributed by atoms with E-state index in [1.807, 2.05) is 6.92 Å². The smallest absolute Gasteiger partial charge is 0.243 e. The van der Waals surface area contributed by atoms with Gasteiger partial charge in [-0.1, -0.05) is 19.1 Å². The molecule has 0 heterocycles. The van der Waals surface area contributed by atoms with Gasteiger partial charge in [-0.05, 0) is 42.9 Å². The van der Waals surface area contributed by atoms with E-state index in [1.165, 1.54) is 0 Å². The van der Waals surface area contributed by atoms with Crippen molar-refractivity contribution >= 4 is 10.0 Å². The van der Waals surface area contributed by atoms with Gasteiger partial charge < -0.3 is 5.11 Å². The van der Waals surface area contributed by atoms with Crippen molar-refractivity contribution in [3.05, 3.63) is 29.8 Å². The van der Waals surface area contributed by atoms with Gasteiger partial charge in [0.25, 0.3) is 0 Å². The first-order chi connectivity index (χ1) is 9.07. The van der Waals surface area contributed by atoms with Crippen molar-refractivity contribution < 1.29 is 13.5 Å². The van der Waals surface area contributed by atoms with Crippen LogP contribution in [0.3, 0.4) is 0 Å². The number of aliphatic hydroxyl groups excluding tert-OH is 1. The summed E-state index contributed by atoms with van der Waals surface area (Å²) in [6.07, 6.45) is 3.10. The summed E-state index contributed by atoms with van der Waals surface area (Å²) in [5.74, 6) is 0.540. The molecule has 1 aliphatic carbocycles. The topological polar surface area (TPSA) is 57.6 Å². The van der Waals surface area contributed by atoms with Gasteiger partial charge in [-0.2, -0.15) is 4.31 Å². The average Bonchev–Trinajstić information content (AvgIpc) is 3.22. The second kappa shape index (κ2) is 6.03. The average molecular weight is 283 g/mol. The Morgan fingerprint density at radius 2 is 1.89 bits per heavy atom. The zero-order valence-electron chi connectivity index (χ0n) is 11.2. The fourth-order valence-corrected chi connectivity index (χ4v) is 3.67. The van der Waals surface area contributed by atoms with Crippen LogP contribution in [0.2, 0.25) is 0 Å². The van der Waals surface area contributed by atoms with Crippen LogP contribution in [0.15, 0.2) is 29.2 Å². The summed E-state index contributed by atoms with van der Waals surface area (Å²) in [6.45, 7) is 3.13. The summed E-state index contributed by atoms with van der Waals surface area (Å²) in [5.41, 5.74) is 0.725. The lowest BCUT2D eigenvalue weighted by molar-refractivity contribution is 0.281. The molecule has 0 aliphatic heterocycles. The molecule has 0 radical (unpaired) electrons. The van der Waals surface area contributed by atoms with Crippen LogP contribution < -0.4 is 0 Å². The molecule has 0 amide bonds. The van der Waals surface area contributed by atoms with Crippen molar-refractivity contribution in [1.82, 2.24) is 4.31 Å². The lowest BCUT2D eigenvalue weighted by Crippen LogP contribution is -2.33. The molecule has 0 unspecified atom stereocenters. The maximum Gasteiger partial charge on any atom is 0.243 e. The van der Waals surface area contributed by atoms with E-state index in [4.69, 9.17) is 5.11 Å². The first-order valence-corrected chi connectivity index (χ1v) is 8.22. The fourth-order valence-electron chi connectivity index (χ4n) is 2.06. The highest BCUT2D eigenvalue weighted by molar-refractivity contribution is 7.89. The lowest BCUT2D eigenvalue weighted by Gasteiger charge is -2.21. The molecule has 1 aromatic rings. The Labute approximate surface area is 115 Å². The maximum atomic E-state index is 12.5. The van der Waals surface area contributed by atoms with E-state index in [0.717, 1.165) is 24.8 Å². The molecule has 1 fully saturated rings. The normalized spacial score (nSPS) is 15.9. The molecule has 106 valence electrons. The number of rotatable bonds is 7. The molecule has 0 atom stereocenters. The second-order valence-corrected chi connectivity index (χ2v) is 7.05. The van der Waals surface area contributed by atoms with E-state index in [0.29, 0.717) is 23.9 Å². The van der Waals surface area contributed by atoms with Gasteiger partial charge in [-0.15, -0.1) is 0 Å².